The Bertz CT molecular complexity index is 300. The van der Waals surface area contributed by atoms with Crippen molar-refractivity contribution in [3.63, 3.8) is 0 Å². The fourth-order valence-electron chi connectivity index (χ4n) is 0.917. The molecule has 0 unspecified atom stereocenters. The normalized spacial score (nSPS) is 10.7. The summed E-state index contributed by atoms with van der Waals surface area (Å²) in [5, 5.41) is 1.41. The van der Waals surface area contributed by atoms with Crippen LogP contribution in [0, 0.1) is 5.92 Å². The minimum absolute atomic E-state index is 0.429. The summed E-state index contributed by atoms with van der Waals surface area (Å²) in [4.78, 5) is 0. The molecule has 1 nitrogen and oxygen atoms in total. The lowest BCUT2D eigenvalue weighted by Crippen LogP contribution is -2.05. The Balaban J connectivity index is 2.86. The molecule has 0 aromatic heterocycles. The largest absolute Gasteiger partial charge is 0.490 e. The summed E-state index contributed by atoms with van der Waals surface area (Å²) < 4.78 is 5.46. The van der Waals surface area contributed by atoms with Crippen molar-refractivity contribution < 1.29 is 4.74 Å². The zero-order valence-corrected chi connectivity index (χ0v) is 10.2. The predicted octanol–water partition coefficient (Wildman–Crippen LogP) is 4.68. The molecule has 0 aliphatic heterocycles. The molecule has 4 heteroatoms. The van der Waals surface area contributed by atoms with Gasteiger partial charge in [0.2, 0.25) is 0 Å². The number of hydrogen-bond acceptors (Lipinski definition) is 1. The zero-order valence-electron chi connectivity index (χ0n) is 7.98. The van der Waals surface area contributed by atoms with Gasteiger partial charge in [0.25, 0.3) is 0 Å². The van der Waals surface area contributed by atoms with Gasteiger partial charge in [0.15, 0.2) is 5.75 Å². The monoisotopic (exact) mass is 252 g/mol. The minimum Gasteiger partial charge on any atom is -0.490 e. The van der Waals surface area contributed by atoms with Crippen molar-refractivity contribution >= 4 is 34.8 Å². The van der Waals surface area contributed by atoms with Gasteiger partial charge in [0.1, 0.15) is 0 Å². The van der Waals surface area contributed by atoms with Crippen LogP contribution in [0.15, 0.2) is 12.1 Å². The number of rotatable bonds is 3. The van der Waals surface area contributed by atoms with Gasteiger partial charge in [-0.15, -0.1) is 0 Å². The first-order valence-corrected chi connectivity index (χ1v) is 5.41. The van der Waals surface area contributed by atoms with E-state index in [1.165, 1.54) is 0 Å². The number of ether oxygens (including phenoxy) is 1. The van der Waals surface area contributed by atoms with Gasteiger partial charge >= 0.3 is 0 Å². The first kappa shape index (κ1) is 12.0. The Morgan fingerprint density at radius 2 is 1.64 bits per heavy atom. The molecule has 14 heavy (non-hydrogen) atoms. The van der Waals surface area contributed by atoms with Gasteiger partial charge in [-0.1, -0.05) is 48.7 Å². The van der Waals surface area contributed by atoms with E-state index in [2.05, 4.69) is 13.8 Å². The van der Waals surface area contributed by atoms with Crippen LogP contribution in [0.4, 0.5) is 0 Å². The first-order chi connectivity index (χ1) is 6.50. The van der Waals surface area contributed by atoms with E-state index in [1.807, 2.05) is 0 Å². The summed E-state index contributed by atoms with van der Waals surface area (Å²) in [7, 11) is 0. The van der Waals surface area contributed by atoms with E-state index in [0.29, 0.717) is 33.3 Å². The van der Waals surface area contributed by atoms with Gasteiger partial charge in [-0.3, -0.25) is 0 Å². The van der Waals surface area contributed by atoms with E-state index in [0.717, 1.165) is 0 Å². The summed E-state index contributed by atoms with van der Waals surface area (Å²) >= 11 is 17.6. The molecular weight excluding hydrogens is 242 g/mol. The lowest BCUT2D eigenvalue weighted by Gasteiger charge is -2.11. The molecule has 0 atom stereocenters. The molecule has 0 N–H and O–H groups in total. The third-order valence-corrected chi connectivity index (χ3v) is 2.30. The average Bonchev–Trinajstić information content (AvgIpc) is 2.01. The minimum atomic E-state index is 0.429. The van der Waals surface area contributed by atoms with Gasteiger partial charge in [-0.25, -0.2) is 0 Å². The van der Waals surface area contributed by atoms with Crippen LogP contribution in [0.5, 0.6) is 5.75 Å². The smallest absolute Gasteiger partial charge is 0.156 e. The maximum absolute atomic E-state index is 5.92. The molecule has 0 radical (unpaired) electrons. The molecule has 0 aliphatic carbocycles. The molecule has 0 saturated heterocycles. The SMILES string of the molecule is CC(C)COc1c(Cl)cc(Cl)cc1Cl. The first-order valence-electron chi connectivity index (χ1n) is 4.28. The highest BCUT2D eigenvalue weighted by atomic mass is 35.5. The van der Waals surface area contributed by atoms with E-state index in [4.69, 9.17) is 39.5 Å². The molecule has 0 heterocycles. The fraction of sp³-hybridized carbons (Fsp3) is 0.400. The van der Waals surface area contributed by atoms with Crippen LogP contribution >= 0.6 is 34.8 Å². The lowest BCUT2D eigenvalue weighted by molar-refractivity contribution is 0.271. The van der Waals surface area contributed by atoms with Crippen LogP contribution in [0.2, 0.25) is 15.1 Å². The van der Waals surface area contributed by atoms with Crippen LogP contribution in [-0.4, -0.2) is 6.61 Å². The van der Waals surface area contributed by atoms with Crippen molar-refractivity contribution in [3.05, 3.63) is 27.2 Å². The molecule has 0 bridgehead atoms. The maximum atomic E-state index is 5.92. The zero-order chi connectivity index (χ0) is 10.7. The summed E-state index contributed by atoms with van der Waals surface area (Å²) in [6.07, 6.45) is 0. The Kier molecular flexibility index (Phi) is 4.36. The van der Waals surface area contributed by atoms with E-state index in [-0.39, 0.29) is 0 Å². The van der Waals surface area contributed by atoms with Crippen LogP contribution in [-0.2, 0) is 0 Å². The molecule has 0 spiro atoms. The molecule has 78 valence electrons. The summed E-state index contributed by atoms with van der Waals surface area (Å²) in [6.45, 7) is 4.69. The summed E-state index contributed by atoms with van der Waals surface area (Å²) in [6, 6.07) is 3.23. The van der Waals surface area contributed by atoms with Crippen LogP contribution in [0.3, 0.4) is 0 Å². The van der Waals surface area contributed by atoms with Crippen LogP contribution < -0.4 is 4.74 Å². The third kappa shape index (κ3) is 3.23. The second-order valence-electron chi connectivity index (χ2n) is 3.40. The van der Waals surface area contributed by atoms with Crippen molar-refractivity contribution in [2.75, 3.05) is 6.61 Å². The highest BCUT2D eigenvalue weighted by molar-refractivity contribution is 6.40. The van der Waals surface area contributed by atoms with Crippen molar-refractivity contribution in [1.82, 2.24) is 0 Å². The average molecular weight is 254 g/mol. The quantitative estimate of drug-likeness (QED) is 0.760. The van der Waals surface area contributed by atoms with Crippen molar-refractivity contribution in [1.29, 1.82) is 0 Å². The topological polar surface area (TPSA) is 9.23 Å². The van der Waals surface area contributed by atoms with Gasteiger partial charge in [0.05, 0.1) is 16.7 Å². The second-order valence-corrected chi connectivity index (χ2v) is 4.65. The molecule has 0 aliphatic rings. The van der Waals surface area contributed by atoms with E-state index < -0.39 is 0 Å². The van der Waals surface area contributed by atoms with Crippen LogP contribution in [0.1, 0.15) is 13.8 Å². The van der Waals surface area contributed by atoms with Gasteiger partial charge in [0, 0.05) is 5.02 Å². The molecule has 0 saturated carbocycles. The predicted molar refractivity (Wildman–Crippen MR) is 61.8 cm³/mol. The highest BCUT2D eigenvalue weighted by Crippen LogP contribution is 2.35. The van der Waals surface area contributed by atoms with Crippen LogP contribution in [0.25, 0.3) is 0 Å². The summed E-state index contributed by atoms with van der Waals surface area (Å²) in [5.74, 6) is 0.934. The molecule has 0 amide bonds. The second kappa shape index (κ2) is 5.11. The van der Waals surface area contributed by atoms with Gasteiger partial charge in [-0.2, -0.15) is 0 Å². The fourth-order valence-corrected chi connectivity index (χ4v) is 1.84. The molecule has 1 aromatic carbocycles. The maximum Gasteiger partial charge on any atom is 0.156 e. The van der Waals surface area contributed by atoms with E-state index >= 15 is 0 Å². The van der Waals surface area contributed by atoms with Gasteiger partial charge in [-0.05, 0) is 18.1 Å². The molecule has 0 fully saturated rings. The van der Waals surface area contributed by atoms with Gasteiger partial charge < -0.3 is 4.74 Å². The Hall–Kier alpha value is -0.110. The molecule has 1 aromatic rings. The standard InChI is InChI=1S/C10H11Cl3O/c1-6(2)5-14-10-8(12)3-7(11)4-9(10)13/h3-4,6H,5H2,1-2H3. The Morgan fingerprint density at radius 3 is 2.07 bits per heavy atom. The number of halogens is 3. The number of benzene rings is 1. The highest BCUT2D eigenvalue weighted by Gasteiger charge is 2.09. The Morgan fingerprint density at radius 1 is 1.14 bits per heavy atom. The lowest BCUT2D eigenvalue weighted by atomic mass is 10.2. The Labute approximate surface area is 98.9 Å². The van der Waals surface area contributed by atoms with Crippen molar-refractivity contribution in [2.45, 2.75) is 13.8 Å². The van der Waals surface area contributed by atoms with E-state index in [9.17, 15) is 0 Å². The van der Waals surface area contributed by atoms with Crippen molar-refractivity contribution in [3.8, 4) is 5.75 Å². The third-order valence-electron chi connectivity index (χ3n) is 1.52. The molecular formula is C10H11Cl3O. The number of hydrogen-bond donors (Lipinski definition) is 0. The molecule has 1 rings (SSSR count). The summed E-state index contributed by atoms with van der Waals surface area (Å²) in [5.41, 5.74) is 0. The van der Waals surface area contributed by atoms with Crippen molar-refractivity contribution in [2.24, 2.45) is 5.92 Å². The van der Waals surface area contributed by atoms with E-state index in [1.54, 1.807) is 12.1 Å².